The quantitative estimate of drug-likeness (QED) is 0.905. The number of methoxy groups -OCH3 is 1. The van der Waals surface area contributed by atoms with Gasteiger partial charge in [0.15, 0.2) is 0 Å². The van der Waals surface area contributed by atoms with Gasteiger partial charge in [-0.05, 0) is 13.0 Å². The van der Waals surface area contributed by atoms with Gasteiger partial charge in [0.2, 0.25) is 0 Å². The molecule has 0 saturated heterocycles. The highest BCUT2D eigenvalue weighted by Crippen LogP contribution is 2.23. The minimum Gasteiger partial charge on any atom is -0.383 e. The van der Waals surface area contributed by atoms with Crippen molar-refractivity contribution in [3.8, 4) is 0 Å². The Bertz CT molecular complexity index is 588. The lowest BCUT2D eigenvalue weighted by Crippen LogP contribution is -2.43. The van der Waals surface area contributed by atoms with Gasteiger partial charge >= 0.3 is 0 Å². The maximum atomic E-state index is 5.39. The SMILES string of the molecule is COCC1Cc2c(ncn2C)CN1Cc1cc(C)[nH]n1. The van der Waals surface area contributed by atoms with Crippen molar-refractivity contribution in [2.24, 2.45) is 7.05 Å². The molecular weight excluding hydrogens is 254 g/mol. The van der Waals surface area contributed by atoms with E-state index in [1.54, 1.807) is 7.11 Å². The number of hydrogen-bond donors (Lipinski definition) is 1. The second-order valence-electron chi connectivity index (χ2n) is 5.51. The Labute approximate surface area is 118 Å². The van der Waals surface area contributed by atoms with E-state index < -0.39 is 0 Å². The van der Waals surface area contributed by atoms with Gasteiger partial charge in [0.25, 0.3) is 0 Å². The number of H-pyrrole nitrogens is 1. The lowest BCUT2D eigenvalue weighted by Gasteiger charge is -2.34. The summed E-state index contributed by atoms with van der Waals surface area (Å²) in [5.41, 5.74) is 4.66. The molecule has 1 atom stereocenters. The molecule has 0 radical (unpaired) electrons. The second kappa shape index (κ2) is 5.38. The lowest BCUT2D eigenvalue weighted by molar-refractivity contribution is 0.0692. The molecule has 20 heavy (non-hydrogen) atoms. The van der Waals surface area contributed by atoms with Gasteiger partial charge < -0.3 is 9.30 Å². The van der Waals surface area contributed by atoms with Crippen molar-refractivity contribution in [3.63, 3.8) is 0 Å². The molecule has 6 nitrogen and oxygen atoms in total. The van der Waals surface area contributed by atoms with E-state index in [1.165, 1.54) is 11.4 Å². The maximum absolute atomic E-state index is 5.39. The number of aromatic amines is 1. The molecule has 0 aliphatic carbocycles. The van der Waals surface area contributed by atoms with Crippen molar-refractivity contribution < 1.29 is 4.74 Å². The number of nitrogens with one attached hydrogen (secondary N) is 1. The summed E-state index contributed by atoms with van der Waals surface area (Å²) >= 11 is 0. The molecule has 108 valence electrons. The normalized spacial score (nSPS) is 19.2. The summed E-state index contributed by atoms with van der Waals surface area (Å²) in [5, 5.41) is 7.33. The Hall–Kier alpha value is -1.66. The van der Waals surface area contributed by atoms with Gasteiger partial charge in [-0.1, -0.05) is 0 Å². The van der Waals surface area contributed by atoms with Crippen LogP contribution in [0.15, 0.2) is 12.4 Å². The topological polar surface area (TPSA) is 59.0 Å². The van der Waals surface area contributed by atoms with Crippen LogP contribution in [0.5, 0.6) is 0 Å². The van der Waals surface area contributed by atoms with Crippen LogP contribution in [-0.4, -0.2) is 44.4 Å². The average molecular weight is 275 g/mol. The number of imidazole rings is 1. The number of aromatic nitrogens is 4. The maximum Gasteiger partial charge on any atom is 0.0949 e. The Balaban J connectivity index is 1.81. The fraction of sp³-hybridized carbons (Fsp3) is 0.571. The zero-order valence-corrected chi connectivity index (χ0v) is 12.3. The van der Waals surface area contributed by atoms with Gasteiger partial charge in [-0.2, -0.15) is 5.10 Å². The molecule has 1 aliphatic heterocycles. The molecule has 1 aliphatic rings. The highest BCUT2D eigenvalue weighted by molar-refractivity contribution is 5.19. The van der Waals surface area contributed by atoms with E-state index in [2.05, 4.69) is 37.8 Å². The highest BCUT2D eigenvalue weighted by atomic mass is 16.5. The van der Waals surface area contributed by atoms with Crippen molar-refractivity contribution in [1.29, 1.82) is 0 Å². The predicted molar refractivity (Wildman–Crippen MR) is 75.1 cm³/mol. The average Bonchev–Trinajstić information content (AvgIpc) is 2.98. The van der Waals surface area contributed by atoms with Crippen LogP contribution < -0.4 is 0 Å². The lowest BCUT2D eigenvalue weighted by atomic mass is 10.0. The van der Waals surface area contributed by atoms with Gasteiger partial charge in [-0.25, -0.2) is 4.98 Å². The molecule has 1 unspecified atom stereocenters. The van der Waals surface area contributed by atoms with Crippen LogP contribution in [0.3, 0.4) is 0 Å². The molecule has 2 aromatic heterocycles. The zero-order chi connectivity index (χ0) is 14.1. The predicted octanol–water partition coefficient (Wildman–Crippen LogP) is 1.02. The molecule has 0 aromatic carbocycles. The van der Waals surface area contributed by atoms with Gasteiger partial charge in [0.1, 0.15) is 0 Å². The molecule has 3 rings (SSSR count). The van der Waals surface area contributed by atoms with Crippen LogP contribution in [0.1, 0.15) is 22.8 Å². The fourth-order valence-electron chi connectivity index (χ4n) is 2.88. The molecule has 0 fully saturated rings. The van der Waals surface area contributed by atoms with Crippen molar-refractivity contribution in [2.45, 2.75) is 32.5 Å². The zero-order valence-electron chi connectivity index (χ0n) is 12.3. The monoisotopic (exact) mass is 275 g/mol. The number of rotatable bonds is 4. The van der Waals surface area contributed by atoms with E-state index in [0.29, 0.717) is 6.04 Å². The standard InChI is InChI=1S/C14H21N5O/c1-10-4-11(17-16-10)6-19-7-13-14(18(2)9-15-13)5-12(19)8-20-3/h4,9,12H,5-8H2,1-3H3,(H,16,17). The summed E-state index contributed by atoms with van der Waals surface area (Å²) in [6.07, 6.45) is 2.87. The third-order valence-corrected chi connectivity index (χ3v) is 3.93. The van der Waals surface area contributed by atoms with Crippen LogP contribution in [0.4, 0.5) is 0 Å². The van der Waals surface area contributed by atoms with E-state index in [0.717, 1.165) is 37.5 Å². The number of ether oxygens (including phenoxy) is 1. The first-order valence-electron chi connectivity index (χ1n) is 6.90. The van der Waals surface area contributed by atoms with Crippen LogP contribution in [0.25, 0.3) is 0 Å². The van der Waals surface area contributed by atoms with Crippen molar-refractivity contribution >= 4 is 0 Å². The van der Waals surface area contributed by atoms with Gasteiger partial charge in [-0.15, -0.1) is 0 Å². The van der Waals surface area contributed by atoms with Crippen molar-refractivity contribution in [2.75, 3.05) is 13.7 Å². The first-order valence-corrected chi connectivity index (χ1v) is 6.90. The van der Waals surface area contributed by atoms with Gasteiger partial charge in [0.05, 0.1) is 24.3 Å². The summed E-state index contributed by atoms with van der Waals surface area (Å²) in [6.45, 7) is 4.44. The molecule has 2 aromatic rings. The minimum absolute atomic E-state index is 0.375. The summed E-state index contributed by atoms with van der Waals surface area (Å²) in [4.78, 5) is 6.90. The molecule has 0 amide bonds. The van der Waals surface area contributed by atoms with E-state index in [4.69, 9.17) is 4.74 Å². The van der Waals surface area contributed by atoms with Gasteiger partial charge in [-0.3, -0.25) is 10.00 Å². The van der Waals surface area contributed by atoms with Crippen molar-refractivity contribution in [3.05, 3.63) is 35.2 Å². The molecule has 6 heteroatoms. The first kappa shape index (κ1) is 13.3. The second-order valence-corrected chi connectivity index (χ2v) is 5.51. The summed E-state index contributed by atoms with van der Waals surface area (Å²) in [5.74, 6) is 0. The third-order valence-electron chi connectivity index (χ3n) is 3.93. The van der Waals surface area contributed by atoms with E-state index >= 15 is 0 Å². The summed E-state index contributed by atoms with van der Waals surface area (Å²) in [6, 6.07) is 2.47. The van der Waals surface area contributed by atoms with E-state index in [-0.39, 0.29) is 0 Å². The highest BCUT2D eigenvalue weighted by Gasteiger charge is 2.29. The number of hydrogen-bond acceptors (Lipinski definition) is 4. The van der Waals surface area contributed by atoms with Crippen molar-refractivity contribution in [1.82, 2.24) is 24.6 Å². The Kier molecular flexibility index (Phi) is 3.58. The molecule has 0 bridgehead atoms. The Morgan fingerprint density at radius 3 is 3.05 bits per heavy atom. The number of aryl methyl sites for hydroxylation is 2. The summed E-state index contributed by atoms with van der Waals surface area (Å²) in [7, 11) is 3.82. The first-order chi connectivity index (χ1) is 9.67. The fourth-order valence-corrected chi connectivity index (χ4v) is 2.88. The number of fused-ring (bicyclic) bond motifs is 1. The number of nitrogens with zero attached hydrogens (tertiary/aromatic N) is 4. The Morgan fingerprint density at radius 2 is 2.35 bits per heavy atom. The Morgan fingerprint density at radius 1 is 1.50 bits per heavy atom. The van der Waals surface area contributed by atoms with Crippen LogP contribution in [0, 0.1) is 6.92 Å². The third kappa shape index (κ3) is 2.48. The molecule has 1 N–H and O–H groups in total. The van der Waals surface area contributed by atoms with Crippen LogP contribution in [-0.2, 0) is 31.3 Å². The van der Waals surface area contributed by atoms with E-state index in [1.807, 2.05) is 13.3 Å². The van der Waals surface area contributed by atoms with Gasteiger partial charge in [0, 0.05) is 51.1 Å². The van der Waals surface area contributed by atoms with Crippen LogP contribution in [0.2, 0.25) is 0 Å². The van der Waals surface area contributed by atoms with Crippen LogP contribution >= 0.6 is 0 Å². The molecule has 0 spiro atoms. The molecular formula is C14H21N5O. The van der Waals surface area contributed by atoms with E-state index in [9.17, 15) is 0 Å². The molecule has 3 heterocycles. The minimum atomic E-state index is 0.375. The summed E-state index contributed by atoms with van der Waals surface area (Å²) < 4.78 is 7.51. The smallest absolute Gasteiger partial charge is 0.0949 e. The largest absolute Gasteiger partial charge is 0.383 e. The molecule has 0 saturated carbocycles.